The van der Waals surface area contributed by atoms with Crippen LogP contribution in [-0.2, 0) is 0 Å². The van der Waals surface area contributed by atoms with Crippen LogP contribution in [0.3, 0.4) is 0 Å². The van der Waals surface area contributed by atoms with Crippen LogP contribution in [0.15, 0.2) is 18.2 Å². The summed E-state index contributed by atoms with van der Waals surface area (Å²) in [7, 11) is 3.34. The topological polar surface area (TPSA) is 51.0 Å². The molecular weight excluding hydrogens is 290 g/mol. The number of likely N-dealkylation sites (N-methyl/N-ethyl adjacent to an activating group) is 1. The van der Waals surface area contributed by atoms with Crippen LogP contribution in [-0.4, -0.2) is 62.8 Å². The zero-order valence-corrected chi connectivity index (χ0v) is 14.9. The molecule has 2 unspecified atom stereocenters. The molecule has 2 N–H and O–H groups in total. The third-order valence-electron chi connectivity index (χ3n) is 4.95. The maximum absolute atomic E-state index is 6.15. The SMILES string of the molecule is CCC1CN(CC)CCN1C(CN)c1ccc(OC)c(OC)c1. The van der Waals surface area contributed by atoms with Crippen molar-refractivity contribution >= 4 is 0 Å². The van der Waals surface area contributed by atoms with Crippen LogP contribution in [0.25, 0.3) is 0 Å². The molecule has 1 fully saturated rings. The van der Waals surface area contributed by atoms with Crippen molar-refractivity contribution in [1.82, 2.24) is 9.80 Å². The van der Waals surface area contributed by atoms with Crippen LogP contribution in [0, 0.1) is 0 Å². The molecule has 0 bridgehead atoms. The Bertz CT molecular complexity index is 495. The average molecular weight is 321 g/mol. The summed E-state index contributed by atoms with van der Waals surface area (Å²) in [4.78, 5) is 5.08. The first-order valence-corrected chi connectivity index (χ1v) is 8.58. The largest absolute Gasteiger partial charge is 0.493 e. The molecule has 0 saturated carbocycles. The van der Waals surface area contributed by atoms with Crippen LogP contribution in [0.1, 0.15) is 31.9 Å². The zero-order valence-electron chi connectivity index (χ0n) is 14.9. The van der Waals surface area contributed by atoms with E-state index in [1.165, 1.54) is 5.56 Å². The summed E-state index contributed by atoms with van der Waals surface area (Å²) in [5.74, 6) is 1.53. The summed E-state index contributed by atoms with van der Waals surface area (Å²) in [6.45, 7) is 9.51. The van der Waals surface area contributed by atoms with Crippen LogP contribution < -0.4 is 15.2 Å². The van der Waals surface area contributed by atoms with Gasteiger partial charge in [0.25, 0.3) is 0 Å². The molecule has 2 atom stereocenters. The lowest BCUT2D eigenvalue weighted by Gasteiger charge is -2.45. The standard InChI is InChI=1S/C18H31N3O2/c1-5-15-13-20(6-2)9-10-21(15)16(12-19)14-7-8-17(22-3)18(11-14)23-4/h7-8,11,15-16H,5-6,9-10,12-13,19H2,1-4H3. The van der Waals surface area contributed by atoms with Crippen molar-refractivity contribution < 1.29 is 9.47 Å². The van der Waals surface area contributed by atoms with E-state index in [0.717, 1.165) is 44.1 Å². The van der Waals surface area contributed by atoms with E-state index in [9.17, 15) is 0 Å². The molecule has 5 heteroatoms. The lowest BCUT2D eigenvalue weighted by molar-refractivity contribution is 0.0427. The van der Waals surface area contributed by atoms with Gasteiger partial charge in [0.15, 0.2) is 11.5 Å². The molecule has 1 aromatic rings. The van der Waals surface area contributed by atoms with Gasteiger partial charge in [-0.1, -0.05) is 19.9 Å². The molecule has 1 aliphatic rings. The summed E-state index contributed by atoms with van der Waals surface area (Å²) in [6, 6.07) is 6.91. The second-order valence-electron chi connectivity index (χ2n) is 6.06. The first kappa shape index (κ1) is 18.0. The molecule has 1 aliphatic heterocycles. The van der Waals surface area contributed by atoms with Crippen molar-refractivity contribution in [2.24, 2.45) is 5.73 Å². The highest BCUT2D eigenvalue weighted by atomic mass is 16.5. The summed E-state index contributed by atoms with van der Waals surface area (Å²) in [5, 5.41) is 0. The van der Waals surface area contributed by atoms with Crippen molar-refractivity contribution in [2.75, 3.05) is 46.9 Å². The Morgan fingerprint density at radius 2 is 1.91 bits per heavy atom. The Morgan fingerprint density at radius 1 is 1.17 bits per heavy atom. The Kier molecular flexibility index (Phi) is 6.69. The fourth-order valence-electron chi connectivity index (χ4n) is 3.52. The molecule has 0 spiro atoms. The van der Waals surface area contributed by atoms with Crippen LogP contribution in [0.2, 0.25) is 0 Å². The van der Waals surface area contributed by atoms with Gasteiger partial charge >= 0.3 is 0 Å². The molecule has 5 nitrogen and oxygen atoms in total. The van der Waals surface area contributed by atoms with Gasteiger partial charge in [-0.25, -0.2) is 0 Å². The molecule has 130 valence electrons. The average Bonchev–Trinajstić information content (AvgIpc) is 2.62. The zero-order chi connectivity index (χ0) is 16.8. The fourth-order valence-corrected chi connectivity index (χ4v) is 3.52. The molecule has 0 aliphatic carbocycles. The highest BCUT2D eigenvalue weighted by Gasteiger charge is 2.31. The van der Waals surface area contributed by atoms with Gasteiger partial charge in [0, 0.05) is 38.3 Å². The Labute approximate surface area is 140 Å². The first-order chi connectivity index (χ1) is 11.2. The van der Waals surface area contributed by atoms with E-state index in [0.29, 0.717) is 12.6 Å². The van der Waals surface area contributed by atoms with Gasteiger partial charge in [0.05, 0.1) is 14.2 Å². The van der Waals surface area contributed by atoms with Gasteiger partial charge in [0.2, 0.25) is 0 Å². The summed E-state index contributed by atoms with van der Waals surface area (Å²) in [6.07, 6.45) is 1.14. The lowest BCUT2D eigenvalue weighted by atomic mass is 9.99. The predicted molar refractivity (Wildman–Crippen MR) is 94.2 cm³/mol. The van der Waals surface area contributed by atoms with E-state index in [-0.39, 0.29) is 6.04 Å². The Hall–Kier alpha value is -1.30. The second-order valence-corrected chi connectivity index (χ2v) is 6.06. The van der Waals surface area contributed by atoms with Crippen LogP contribution in [0.5, 0.6) is 11.5 Å². The van der Waals surface area contributed by atoms with E-state index in [1.54, 1.807) is 14.2 Å². The summed E-state index contributed by atoms with van der Waals surface area (Å²) in [5.41, 5.74) is 7.36. The minimum atomic E-state index is 0.221. The predicted octanol–water partition coefficient (Wildman–Crippen LogP) is 2.12. The number of methoxy groups -OCH3 is 2. The van der Waals surface area contributed by atoms with Gasteiger partial charge in [-0.3, -0.25) is 4.90 Å². The number of hydrogen-bond acceptors (Lipinski definition) is 5. The number of hydrogen-bond donors (Lipinski definition) is 1. The Balaban J connectivity index is 2.24. The maximum atomic E-state index is 6.15. The smallest absolute Gasteiger partial charge is 0.161 e. The minimum Gasteiger partial charge on any atom is -0.493 e. The summed E-state index contributed by atoms with van der Waals surface area (Å²) < 4.78 is 10.8. The monoisotopic (exact) mass is 321 g/mol. The van der Waals surface area contributed by atoms with Gasteiger partial charge in [-0.15, -0.1) is 0 Å². The molecule has 1 aromatic carbocycles. The lowest BCUT2D eigenvalue weighted by Crippen LogP contribution is -2.54. The normalized spacial score (nSPS) is 21.2. The summed E-state index contributed by atoms with van der Waals surface area (Å²) >= 11 is 0. The number of ether oxygens (including phenoxy) is 2. The molecule has 0 aromatic heterocycles. The number of rotatable bonds is 7. The first-order valence-electron chi connectivity index (χ1n) is 8.58. The third-order valence-corrected chi connectivity index (χ3v) is 4.95. The molecule has 0 amide bonds. The van der Waals surface area contributed by atoms with Crippen molar-refractivity contribution in [3.8, 4) is 11.5 Å². The van der Waals surface area contributed by atoms with Crippen LogP contribution in [0.4, 0.5) is 0 Å². The third kappa shape index (κ3) is 3.97. The molecule has 1 heterocycles. The molecule has 2 rings (SSSR count). The molecule has 0 radical (unpaired) electrons. The fraction of sp³-hybridized carbons (Fsp3) is 0.667. The second kappa shape index (κ2) is 8.52. The van der Waals surface area contributed by atoms with E-state index in [1.807, 2.05) is 6.07 Å². The number of piperazine rings is 1. The van der Waals surface area contributed by atoms with Crippen molar-refractivity contribution in [3.63, 3.8) is 0 Å². The molecule has 1 saturated heterocycles. The van der Waals surface area contributed by atoms with Gasteiger partial charge < -0.3 is 20.1 Å². The number of nitrogens with two attached hydrogens (primary N) is 1. The van der Waals surface area contributed by atoms with E-state index < -0.39 is 0 Å². The quantitative estimate of drug-likeness (QED) is 0.834. The minimum absolute atomic E-state index is 0.221. The van der Waals surface area contributed by atoms with E-state index in [2.05, 4.69) is 35.8 Å². The molecular formula is C18H31N3O2. The van der Waals surface area contributed by atoms with Gasteiger partial charge in [0.1, 0.15) is 0 Å². The van der Waals surface area contributed by atoms with Crippen molar-refractivity contribution in [1.29, 1.82) is 0 Å². The van der Waals surface area contributed by atoms with E-state index in [4.69, 9.17) is 15.2 Å². The van der Waals surface area contributed by atoms with Crippen molar-refractivity contribution in [3.05, 3.63) is 23.8 Å². The Morgan fingerprint density at radius 3 is 2.48 bits per heavy atom. The molecule has 23 heavy (non-hydrogen) atoms. The van der Waals surface area contributed by atoms with Crippen LogP contribution >= 0.6 is 0 Å². The highest BCUT2D eigenvalue weighted by molar-refractivity contribution is 5.44. The van der Waals surface area contributed by atoms with Gasteiger partial charge in [-0.2, -0.15) is 0 Å². The number of benzene rings is 1. The number of nitrogens with zero attached hydrogens (tertiary/aromatic N) is 2. The van der Waals surface area contributed by atoms with Gasteiger partial charge in [-0.05, 0) is 30.7 Å². The van der Waals surface area contributed by atoms with E-state index >= 15 is 0 Å². The highest BCUT2D eigenvalue weighted by Crippen LogP contribution is 2.33. The maximum Gasteiger partial charge on any atom is 0.161 e. The van der Waals surface area contributed by atoms with Crippen molar-refractivity contribution in [2.45, 2.75) is 32.4 Å².